The van der Waals surface area contributed by atoms with Gasteiger partial charge in [-0.25, -0.2) is 0 Å². The molecule has 1 N–H and O–H groups in total. The summed E-state index contributed by atoms with van der Waals surface area (Å²) in [5.74, 6) is 0.695. The number of aryl methyl sites for hydroxylation is 3. The number of rotatable bonds is 8. The van der Waals surface area contributed by atoms with Crippen molar-refractivity contribution in [3.63, 3.8) is 0 Å². The number of thioether (sulfide) groups is 1. The fraction of sp³-hybridized carbons (Fsp3) is 0.417. The van der Waals surface area contributed by atoms with Crippen LogP contribution in [0.2, 0.25) is 0 Å². The van der Waals surface area contributed by atoms with E-state index in [-0.39, 0.29) is 29.7 Å². The molecular formula is C24H27F3N2O4S. The fourth-order valence-electron chi connectivity index (χ4n) is 3.49. The maximum Gasteiger partial charge on any atom is 0.422 e. The van der Waals surface area contributed by atoms with E-state index in [4.69, 9.17) is 9.47 Å². The lowest BCUT2D eigenvalue weighted by Crippen LogP contribution is -2.44. The molecule has 2 amide bonds. The number of nitrogens with one attached hydrogen (secondary N) is 1. The second kappa shape index (κ2) is 11.0. The number of anilines is 1. The molecule has 3 rings (SSSR count). The van der Waals surface area contributed by atoms with Gasteiger partial charge in [0.25, 0.3) is 0 Å². The first-order valence-corrected chi connectivity index (χ1v) is 11.8. The molecular weight excluding hydrogens is 469 g/mol. The van der Waals surface area contributed by atoms with E-state index >= 15 is 0 Å². The summed E-state index contributed by atoms with van der Waals surface area (Å²) in [6, 6.07) is 9.67. The summed E-state index contributed by atoms with van der Waals surface area (Å²) < 4.78 is 47.2. The van der Waals surface area contributed by atoms with Crippen molar-refractivity contribution < 1.29 is 32.2 Å². The molecule has 1 unspecified atom stereocenters. The Morgan fingerprint density at radius 1 is 1.12 bits per heavy atom. The predicted octanol–water partition coefficient (Wildman–Crippen LogP) is 4.73. The summed E-state index contributed by atoms with van der Waals surface area (Å²) in [4.78, 5) is 27.3. The average molecular weight is 497 g/mol. The van der Waals surface area contributed by atoms with Crippen molar-refractivity contribution in [2.75, 3.05) is 30.7 Å². The normalized spacial score (nSPS) is 15.8. The highest BCUT2D eigenvalue weighted by Gasteiger charge is 2.34. The largest absolute Gasteiger partial charge is 0.493 e. The van der Waals surface area contributed by atoms with Crippen molar-refractivity contribution >= 4 is 29.3 Å². The summed E-state index contributed by atoms with van der Waals surface area (Å²) in [6.07, 6.45) is -3.95. The van der Waals surface area contributed by atoms with Crippen molar-refractivity contribution in [2.45, 2.75) is 38.9 Å². The molecule has 1 atom stereocenters. The van der Waals surface area contributed by atoms with Crippen LogP contribution >= 0.6 is 11.8 Å². The third kappa shape index (κ3) is 6.82. The van der Waals surface area contributed by atoms with Gasteiger partial charge in [0.15, 0.2) is 18.1 Å². The summed E-state index contributed by atoms with van der Waals surface area (Å²) in [5, 5.41) is 2.90. The number of alkyl halides is 3. The molecule has 0 bridgehead atoms. The molecule has 1 aliphatic heterocycles. The van der Waals surface area contributed by atoms with Gasteiger partial charge in [-0.2, -0.15) is 13.2 Å². The third-order valence-electron chi connectivity index (χ3n) is 5.53. The van der Waals surface area contributed by atoms with Gasteiger partial charge in [0.1, 0.15) is 6.04 Å². The number of ether oxygens (including phenoxy) is 2. The summed E-state index contributed by atoms with van der Waals surface area (Å²) in [5.41, 5.74) is 3.60. The van der Waals surface area contributed by atoms with E-state index in [0.717, 1.165) is 11.1 Å². The van der Waals surface area contributed by atoms with Crippen LogP contribution in [0.15, 0.2) is 36.4 Å². The van der Waals surface area contributed by atoms with Gasteiger partial charge < -0.3 is 19.7 Å². The number of benzene rings is 2. The number of halogens is 3. The van der Waals surface area contributed by atoms with E-state index < -0.39 is 18.8 Å². The van der Waals surface area contributed by atoms with E-state index in [9.17, 15) is 22.8 Å². The predicted molar refractivity (Wildman–Crippen MR) is 125 cm³/mol. The Hall–Kier alpha value is -2.88. The first-order chi connectivity index (χ1) is 16.1. The Bertz CT molecular complexity index is 1050. The van der Waals surface area contributed by atoms with Crippen LogP contribution in [0.4, 0.5) is 18.9 Å². The molecule has 10 heteroatoms. The molecule has 0 aromatic heterocycles. The SMILES string of the molecule is COc1cc(CCC(=O)N2CSCC2C(=O)Nc2ccc(C)c(C)c2)ccc1OCC(F)(F)F. The molecule has 34 heavy (non-hydrogen) atoms. The van der Waals surface area contributed by atoms with E-state index in [2.05, 4.69) is 5.32 Å². The van der Waals surface area contributed by atoms with Crippen molar-refractivity contribution in [1.82, 2.24) is 4.90 Å². The van der Waals surface area contributed by atoms with Gasteiger partial charge in [0, 0.05) is 17.9 Å². The van der Waals surface area contributed by atoms with Gasteiger partial charge in [0.05, 0.1) is 13.0 Å². The van der Waals surface area contributed by atoms with Crippen LogP contribution in [0.25, 0.3) is 0 Å². The van der Waals surface area contributed by atoms with Crippen molar-refractivity contribution in [2.24, 2.45) is 0 Å². The molecule has 1 heterocycles. The lowest BCUT2D eigenvalue weighted by molar-refractivity contribution is -0.153. The lowest BCUT2D eigenvalue weighted by atomic mass is 10.1. The Labute approximate surface area is 200 Å². The number of nitrogens with zero attached hydrogens (tertiary/aromatic N) is 1. The number of hydrogen-bond acceptors (Lipinski definition) is 5. The van der Waals surface area contributed by atoms with Gasteiger partial charge >= 0.3 is 6.18 Å². The standard InChI is InChI=1S/C24H27F3N2O4S/c1-15-4-7-18(10-16(15)2)28-23(31)19-12-34-14-29(19)22(30)9-6-17-5-8-20(21(11-17)32-3)33-13-24(25,26)27/h4-5,7-8,10-11,19H,6,9,12-14H2,1-3H3,(H,28,31). The van der Waals surface area contributed by atoms with Gasteiger partial charge in [0.2, 0.25) is 11.8 Å². The Kier molecular flexibility index (Phi) is 8.35. The minimum atomic E-state index is -4.45. The van der Waals surface area contributed by atoms with Crippen LogP contribution in [0.3, 0.4) is 0 Å². The van der Waals surface area contributed by atoms with Crippen LogP contribution in [-0.4, -0.2) is 54.3 Å². The molecule has 2 aromatic carbocycles. The Morgan fingerprint density at radius 2 is 1.88 bits per heavy atom. The number of carbonyl (C=O) groups is 2. The van der Waals surface area contributed by atoms with Gasteiger partial charge in [-0.1, -0.05) is 12.1 Å². The van der Waals surface area contributed by atoms with Crippen LogP contribution in [0, 0.1) is 13.8 Å². The van der Waals surface area contributed by atoms with Crippen molar-refractivity contribution in [3.05, 3.63) is 53.1 Å². The van der Waals surface area contributed by atoms with Crippen LogP contribution < -0.4 is 14.8 Å². The number of methoxy groups -OCH3 is 1. The maximum absolute atomic E-state index is 12.9. The summed E-state index contributed by atoms with van der Waals surface area (Å²) >= 11 is 1.52. The topological polar surface area (TPSA) is 67.9 Å². The number of carbonyl (C=O) groups excluding carboxylic acids is 2. The molecule has 6 nitrogen and oxygen atoms in total. The van der Waals surface area contributed by atoms with Crippen LogP contribution in [0.1, 0.15) is 23.1 Å². The van der Waals surface area contributed by atoms with E-state index in [1.807, 2.05) is 32.0 Å². The number of hydrogen-bond donors (Lipinski definition) is 1. The first kappa shape index (κ1) is 25.7. The number of amides is 2. The second-order valence-electron chi connectivity index (χ2n) is 8.06. The van der Waals surface area contributed by atoms with Gasteiger partial charge in [-0.15, -0.1) is 11.8 Å². The molecule has 0 radical (unpaired) electrons. The highest BCUT2D eigenvalue weighted by Crippen LogP contribution is 2.31. The lowest BCUT2D eigenvalue weighted by Gasteiger charge is -2.23. The molecule has 1 saturated heterocycles. The minimum absolute atomic E-state index is 0.0195. The molecule has 0 aliphatic carbocycles. The fourth-order valence-corrected chi connectivity index (χ4v) is 4.67. The second-order valence-corrected chi connectivity index (χ2v) is 9.06. The molecule has 2 aromatic rings. The average Bonchev–Trinajstić information content (AvgIpc) is 3.28. The summed E-state index contributed by atoms with van der Waals surface area (Å²) in [6.45, 7) is 2.54. The molecule has 184 valence electrons. The van der Waals surface area contributed by atoms with Crippen molar-refractivity contribution in [3.8, 4) is 11.5 Å². The maximum atomic E-state index is 12.9. The monoisotopic (exact) mass is 496 g/mol. The first-order valence-electron chi connectivity index (χ1n) is 10.7. The van der Waals surface area contributed by atoms with E-state index in [1.54, 1.807) is 17.0 Å². The smallest absolute Gasteiger partial charge is 0.422 e. The highest BCUT2D eigenvalue weighted by atomic mass is 32.2. The zero-order chi connectivity index (χ0) is 24.9. The molecule has 0 spiro atoms. The molecule has 1 fully saturated rings. The quantitative estimate of drug-likeness (QED) is 0.573. The zero-order valence-electron chi connectivity index (χ0n) is 19.2. The molecule has 0 saturated carbocycles. The third-order valence-corrected chi connectivity index (χ3v) is 6.54. The van der Waals surface area contributed by atoms with Crippen molar-refractivity contribution in [1.29, 1.82) is 0 Å². The zero-order valence-corrected chi connectivity index (χ0v) is 20.0. The Balaban J connectivity index is 1.59. The van der Waals surface area contributed by atoms with E-state index in [1.165, 1.54) is 24.9 Å². The summed E-state index contributed by atoms with van der Waals surface area (Å²) in [7, 11) is 1.34. The minimum Gasteiger partial charge on any atom is -0.493 e. The van der Waals surface area contributed by atoms with Gasteiger partial charge in [-0.05, 0) is 61.2 Å². The van der Waals surface area contributed by atoms with E-state index in [0.29, 0.717) is 29.3 Å². The Morgan fingerprint density at radius 3 is 2.56 bits per heavy atom. The highest BCUT2D eigenvalue weighted by molar-refractivity contribution is 7.99. The van der Waals surface area contributed by atoms with Crippen LogP contribution in [0.5, 0.6) is 11.5 Å². The van der Waals surface area contributed by atoms with Crippen LogP contribution in [-0.2, 0) is 16.0 Å². The molecule has 1 aliphatic rings. The van der Waals surface area contributed by atoms with Gasteiger partial charge in [-0.3, -0.25) is 9.59 Å².